The Morgan fingerprint density at radius 1 is 1.28 bits per heavy atom. The summed E-state index contributed by atoms with van der Waals surface area (Å²) in [6.45, 7) is 0. The van der Waals surface area contributed by atoms with Crippen LogP contribution < -0.4 is 10.1 Å². The molecule has 1 N–H and O–H groups in total. The third kappa shape index (κ3) is 3.26. The number of fused-ring (bicyclic) bond motifs is 1. The van der Waals surface area contributed by atoms with Gasteiger partial charge in [-0.3, -0.25) is 9.20 Å². The molecule has 0 fully saturated rings. The maximum atomic E-state index is 12.2. The van der Waals surface area contributed by atoms with Crippen LogP contribution in [0.4, 0.5) is 5.13 Å². The first-order valence-corrected chi connectivity index (χ1v) is 9.28. The van der Waals surface area contributed by atoms with Crippen molar-refractivity contribution in [3.8, 4) is 17.0 Å². The number of amides is 1. The van der Waals surface area contributed by atoms with Gasteiger partial charge in [0.1, 0.15) is 5.75 Å². The molecular formula is C17H14N4O2S2. The van der Waals surface area contributed by atoms with Gasteiger partial charge in [0.2, 0.25) is 5.91 Å². The molecule has 0 unspecified atom stereocenters. The Hall–Kier alpha value is -2.71. The molecule has 3 heterocycles. The van der Waals surface area contributed by atoms with Crippen molar-refractivity contribution in [3.63, 3.8) is 0 Å². The Bertz CT molecular complexity index is 1000. The fourth-order valence-electron chi connectivity index (χ4n) is 2.47. The number of ether oxygens (including phenoxy) is 1. The lowest BCUT2D eigenvalue weighted by Gasteiger charge is -2.01. The second-order valence-corrected chi connectivity index (χ2v) is 7.03. The zero-order chi connectivity index (χ0) is 17.2. The average molecular weight is 370 g/mol. The summed E-state index contributed by atoms with van der Waals surface area (Å²) in [6.07, 6.45) is 3.90. The van der Waals surface area contributed by atoms with Gasteiger partial charge in [-0.15, -0.1) is 22.7 Å². The molecule has 3 aromatic heterocycles. The number of anilines is 1. The summed E-state index contributed by atoms with van der Waals surface area (Å²) in [5, 5.41) is 7.20. The van der Waals surface area contributed by atoms with Gasteiger partial charge in [0.05, 0.1) is 19.2 Å². The molecule has 126 valence electrons. The van der Waals surface area contributed by atoms with Gasteiger partial charge in [-0.2, -0.15) is 0 Å². The number of nitrogens with one attached hydrogen (secondary N) is 1. The molecule has 1 amide bonds. The summed E-state index contributed by atoms with van der Waals surface area (Å²) in [6, 6.07) is 7.76. The molecule has 0 spiro atoms. The summed E-state index contributed by atoms with van der Waals surface area (Å²) < 4.78 is 7.15. The van der Waals surface area contributed by atoms with Crippen LogP contribution in [-0.4, -0.2) is 27.4 Å². The normalized spacial score (nSPS) is 10.9. The predicted octanol–water partition coefficient (Wildman–Crippen LogP) is 3.71. The zero-order valence-electron chi connectivity index (χ0n) is 13.3. The molecule has 25 heavy (non-hydrogen) atoms. The second kappa shape index (κ2) is 6.66. The van der Waals surface area contributed by atoms with E-state index < -0.39 is 0 Å². The molecule has 4 rings (SSSR count). The van der Waals surface area contributed by atoms with Crippen LogP contribution >= 0.6 is 22.7 Å². The lowest BCUT2D eigenvalue weighted by Crippen LogP contribution is -2.15. The summed E-state index contributed by atoms with van der Waals surface area (Å²) in [5.41, 5.74) is 2.78. The van der Waals surface area contributed by atoms with Crippen molar-refractivity contribution in [2.45, 2.75) is 6.42 Å². The van der Waals surface area contributed by atoms with E-state index in [1.54, 1.807) is 13.3 Å². The highest BCUT2D eigenvalue weighted by atomic mass is 32.1. The highest BCUT2D eigenvalue weighted by Crippen LogP contribution is 2.25. The van der Waals surface area contributed by atoms with Gasteiger partial charge in [-0.05, 0) is 24.3 Å². The van der Waals surface area contributed by atoms with E-state index in [2.05, 4.69) is 15.3 Å². The van der Waals surface area contributed by atoms with Gasteiger partial charge in [-0.1, -0.05) is 0 Å². The Balaban J connectivity index is 1.56. The molecule has 8 heteroatoms. The Morgan fingerprint density at radius 3 is 2.84 bits per heavy atom. The maximum Gasteiger partial charge on any atom is 0.232 e. The van der Waals surface area contributed by atoms with E-state index in [1.165, 1.54) is 22.7 Å². The number of carbonyl (C=O) groups is 1. The number of nitrogens with zero attached hydrogens (tertiary/aromatic N) is 3. The minimum absolute atomic E-state index is 0.0886. The molecule has 0 atom stereocenters. The van der Waals surface area contributed by atoms with E-state index >= 15 is 0 Å². The number of carbonyl (C=O) groups excluding carboxylic acids is 1. The number of imidazole rings is 1. The molecule has 0 saturated heterocycles. The summed E-state index contributed by atoms with van der Waals surface area (Å²) in [5.74, 6) is 0.721. The maximum absolute atomic E-state index is 12.2. The lowest BCUT2D eigenvalue weighted by molar-refractivity contribution is -0.115. The SMILES string of the molecule is COc1ccc(-c2cn3c(CC(=O)Nc4nccs4)csc3n2)cc1. The topological polar surface area (TPSA) is 68.5 Å². The van der Waals surface area contributed by atoms with Crippen LogP contribution in [0.15, 0.2) is 47.4 Å². The van der Waals surface area contributed by atoms with Crippen molar-refractivity contribution in [2.75, 3.05) is 12.4 Å². The first-order valence-electron chi connectivity index (χ1n) is 7.52. The van der Waals surface area contributed by atoms with Crippen LogP contribution in [0.3, 0.4) is 0 Å². The van der Waals surface area contributed by atoms with E-state index in [0.29, 0.717) is 5.13 Å². The number of aromatic nitrogens is 3. The van der Waals surface area contributed by atoms with Gasteiger partial charge in [-0.25, -0.2) is 9.97 Å². The minimum atomic E-state index is -0.0886. The number of hydrogen-bond acceptors (Lipinski definition) is 6. The minimum Gasteiger partial charge on any atom is -0.497 e. The quantitative estimate of drug-likeness (QED) is 0.581. The second-order valence-electron chi connectivity index (χ2n) is 5.30. The molecule has 0 aliphatic heterocycles. The van der Waals surface area contributed by atoms with Crippen LogP contribution in [-0.2, 0) is 11.2 Å². The third-order valence-corrected chi connectivity index (χ3v) is 5.27. The Morgan fingerprint density at radius 2 is 2.12 bits per heavy atom. The van der Waals surface area contributed by atoms with Crippen molar-refractivity contribution >= 4 is 38.7 Å². The number of hydrogen-bond donors (Lipinski definition) is 1. The largest absolute Gasteiger partial charge is 0.497 e. The van der Waals surface area contributed by atoms with Gasteiger partial charge in [0.25, 0.3) is 0 Å². The molecular weight excluding hydrogens is 356 g/mol. The zero-order valence-corrected chi connectivity index (χ0v) is 14.9. The third-order valence-electron chi connectivity index (χ3n) is 3.69. The molecule has 0 radical (unpaired) electrons. The summed E-state index contributed by atoms with van der Waals surface area (Å²) in [4.78, 5) is 21.8. The van der Waals surface area contributed by atoms with Crippen LogP contribution in [0, 0.1) is 0 Å². The number of rotatable bonds is 5. The highest BCUT2D eigenvalue weighted by molar-refractivity contribution is 7.15. The smallest absolute Gasteiger partial charge is 0.232 e. The van der Waals surface area contributed by atoms with E-state index in [9.17, 15) is 4.79 Å². The van der Waals surface area contributed by atoms with Crippen molar-refractivity contribution < 1.29 is 9.53 Å². The predicted molar refractivity (Wildman–Crippen MR) is 99.5 cm³/mol. The fraction of sp³-hybridized carbons (Fsp3) is 0.118. The van der Waals surface area contributed by atoms with Gasteiger partial charge in [0.15, 0.2) is 10.1 Å². The summed E-state index contributed by atoms with van der Waals surface area (Å²) >= 11 is 2.92. The van der Waals surface area contributed by atoms with Crippen LogP contribution in [0.1, 0.15) is 5.69 Å². The van der Waals surface area contributed by atoms with Crippen molar-refractivity contribution in [1.29, 1.82) is 0 Å². The van der Waals surface area contributed by atoms with Gasteiger partial charge < -0.3 is 10.1 Å². The Kier molecular flexibility index (Phi) is 4.21. The number of thiazole rings is 2. The first-order chi connectivity index (χ1) is 12.2. The van der Waals surface area contributed by atoms with E-state index in [0.717, 1.165) is 27.7 Å². The van der Waals surface area contributed by atoms with Crippen LogP contribution in [0.2, 0.25) is 0 Å². The molecule has 0 saturated carbocycles. The fourth-order valence-corrected chi connectivity index (χ4v) is 3.89. The van der Waals surface area contributed by atoms with E-state index in [1.807, 2.05) is 45.6 Å². The molecule has 6 nitrogen and oxygen atoms in total. The lowest BCUT2D eigenvalue weighted by atomic mass is 10.2. The number of benzene rings is 1. The molecule has 0 aliphatic carbocycles. The van der Waals surface area contributed by atoms with Crippen molar-refractivity contribution in [3.05, 3.63) is 53.1 Å². The van der Waals surface area contributed by atoms with Crippen molar-refractivity contribution in [2.24, 2.45) is 0 Å². The van der Waals surface area contributed by atoms with E-state index in [-0.39, 0.29) is 12.3 Å². The van der Waals surface area contributed by atoms with Gasteiger partial charge >= 0.3 is 0 Å². The first kappa shape index (κ1) is 15.8. The van der Waals surface area contributed by atoms with E-state index in [4.69, 9.17) is 4.74 Å². The molecule has 0 bridgehead atoms. The molecule has 1 aromatic carbocycles. The molecule has 4 aromatic rings. The summed E-state index contributed by atoms with van der Waals surface area (Å²) in [7, 11) is 1.64. The number of methoxy groups -OCH3 is 1. The highest BCUT2D eigenvalue weighted by Gasteiger charge is 2.13. The molecule has 0 aliphatic rings. The van der Waals surface area contributed by atoms with Crippen molar-refractivity contribution in [1.82, 2.24) is 14.4 Å². The van der Waals surface area contributed by atoms with Crippen LogP contribution in [0.25, 0.3) is 16.2 Å². The van der Waals surface area contributed by atoms with Crippen LogP contribution in [0.5, 0.6) is 5.75 Å². The average Bonchev–Trinajstić information content (AvgIpc) is 3.34. The van der Waals surface area contributed by atoms with Gasteiger partial charge in [0, 0.05) is 34.4 Å². The standard InChI is InChI=1S/C17H14N4O2S2/c1-23-13-4-2-11(3-5-13)14-9-21-12(10-25-17(21)19-14)8-15(22)20-16-18-6-7-24-16/h2-7,9-10H,8H2,1H3,(H,18,20,22). The Labute approximate surface area is 151 Å². The monoisotopic (exact) mass is 370 g/mol.